The molecule has 0 aromatic rings. The topological polar surface area (TPSA) is 55.8 Å². The molecule has 0 aromatic heterocycles. The molecular weight excluding hydrogens is 368 g/mol. The Morgan fingerprint density at radius 2 is 1.86 bits per heavy atom. The number of esters is 1. The Labute approximate surface area is 173 Å². The van der Waals surface area contributed by atoms with Crippen molar-refractivity contribution >= 4 is 14.3 Å². The first-order valence-electron chi connectivity index (χ1n) is 10.3. The molecule has 0 spiro atoms. The molecule has 0 unspecified atom stereocenters. The molecule has 4 atom stereocenters. The summed E-state index contributed by atoms with van der Waals surface area (Å²) in [7, 11) is -2.01. The highest BCUT2D eigenvalue weighted by atomic mass is 28.4. The predicted molar refractivity (Wildman–Crippen MR) is 119 cm³/mol. The maximum Gasteiger partial charge on any atom is 0.302 e. The maximum atomic E-state index is 11.8. The lowest BCUT2D eigenvalue weighted by Crippen LogP contribution is -2.53. The first-order valence-corrected chi connectivity index (χ1v) is 13.2. The summed E-state index contributed by atoms with van der Waals surface area (Å²) in [6, 6.07) is 0. The van der Waals surface area contributed by atoms with Gasteiger partial charge in [0.1, 0.15) is 6.10 Å². The number of carbonyl (C=O) groups is 1. The van der Waals surface area contributed by atoms with E-state index in [2.05, 4.69) is 60.9 Å². The van der Waals surface area contributed by atoms with Crippen LogP contribution in [0.1, 0.15) is 67.7 Å². The van der Waals surface area contributed by atoms with Gasteiger partial charge in [0.15, 0.2) is 8.32 Å². The average molecular weight is 411 g/mol. The second-order valence-corrected chi connectivity index (χ2v) is 15.5. The first kappa shape index (κ1) is 25.1. The van der Waals surface area contributed by atoms with Crippen LogP contribution in [0.25, 0.3) is 0 Å². The van der Waals surface area contributed by atoms with Gasteiger partial charge in [-0.15, -0.1) is 6.58 Å². The summed E-state index contributed by atoms with van der Waals surface area (Å²) < 4.78 is 12.5. The summed E-state index contributed by atoms with van der Waals surface area (Å²) in [5.41, 5.74) is -0.161. The van der Waals surface area contributed by atoms with Gasteiger partial charge < -0.3 is 14.3 Å². The molecule has 1 saturated carbocycles. The number of carbonyl (C=O) groups excluding carboxylic acids is 1. The van der Waals surface area contributed by atoms with Crippen LogP contribution in [0.15, 0.2) is 24.8 Å². The van der Waals surface area contributed by atoms with Gasteiger partial charge in [-0.25, -0.2) is 0 Å². The lowest BCUT2D eigenvalue weighted by molar-refractivity contribution is -0.160. The third kappa shape index (κ3) is 5.80. The van der Waals surface area contributed by atoms with Gasteiger partial charge in [0.25, 0.3) is 0 Å². The maximum absolute atomic E-state index is 11.8. The largest absolute Gasteiger partial charge is 0.462 e. The molecule has 1 aliphatic rings. The Morgan fingerprint density at radius 3 is 2.29 bits per heavy atom. The van der Waals surface area contributed by atoms with Crippen molar-refractivity contribution in [3.05, 3.63) is 24.8 Å². The van der Waals surface area contributed by atoms with Gasteiger partial charge in [0, 0.05) is 18.8 Å². The minimum atomic E-state index is -2.01. The van der Waals surface area contributed by atoms with E-state index in [0.717, 1.165) is 12.0 Å². The van der Waals surface area contributed by atoms with Crippen molar-refractivity contribution in [2.75, 3.05) is 0 Å². The molecule has 1 rings (SSSR count). The highest BCUT2D eigenvalue weighted by molar-refractivity contribution is 6.74. The number of aliphatic hydroxyl groups is 1. The molecule has 5 heteroatoms. The molecule has 0 radical (unpaired) electrons. The number of ether oxygens (including phenoxy) is 1. The fourth-order valence-electron chi connectivity index (χ4n) is 3.73. The summed E-state index contributed by atoms with van der Waals surface area (Å²) in [4.78, 5) is 11.8. The SMILES string of the molecule is C=C[C@@](C)(O)CC[C@@H]1C(=C)[C@@H](O[Si](C)(C)C(C)(C)C)C[C@H](OC(C)=O)C1(C)C. The normalized spacial score (nSPS) is 27.8. The zero-order valence-electron chi connectivity index (χ0n) is 19.5. The lowest BCUT2D eigenvalue weighted by atomic mass is 9.62. The van der Waals surface area contributed by atoms with Crippen molar-refractivity contribution in [2.24, 2.45) is 11.3 Å². The zero-order valence-corrected chi connectivity index (χ0v) is 20.5. The summed E-state index contributed by atoms with van der Waals surface area (Å²) in [6.45, 7) is 26.8. The van der Waals surface area contributed by atoms with Crippen LogP contribution in [0.3, 0.4) is 0 Å². The van der Waals surface area contributed by atoms with Gasteiger partial charge >= 0.3 is 5.97 Å². The van der Waals surface area contributed by atoms with Crippen LogP contribution in [0.2, 0.25) is 18.1 Å². The number of rotatable bonds is 7. The summed E-state index contributed by atoms with van der Waals surface area (Å²) in [5, 5.41) is 10.5. The summed E-state index contributed by atoms with van der Waals surface area (Å²) >= 11 is 0. The Hall–Kier alpha value is -0.913. The molecule has 0 saturated heterocycles. The molecule has 4 nitrogen and oxygen atoms in total. The third-order valence-corrected chi connectivity index (χ3v) is 11.4. The van der Waals surface area contributed by atoms with Crippen LogP contribution in [0.5, 0.6) is 0 Å². The monoisotopic (exact) mass is 410 g/mol. The van der Waals surface area contributed by atoms with E-state index in [1.807, 2.05) is 0 Å². The van der Waals surface area contributed by atoms with Crippen LogP contribution < -0.4 is 0 Å². The van der Waals surface area contributed by atoms with E-state index in [-0.39, 0.29) is 34.5 Å². The Morgan fingerprint density at radius 1 is 1.32 bits per heavy atom. The molecule has 0 aliphatic heterocycles. The highest BCUT2D eigenvalue weighted by Crippen LogP contribution is 2.50. The van der Waals surface area contributed by atoms with Gasteiger partial charge in [0.05, 0.1) is 11.7 Å². The van der Waals surface area contributed by atoms with E-state index in [1.165, 1.54) is 6.92 Å². The fourth-order valence-corrected chi connectivity index (χ4v) is 5.04. The van der Waals surface area contributed by atoms with Gasteiger partial charge in [-0.2, -0.15) is 0 Å². The zero-order chi connectivity index (χ0) is 22.1. The average Bonchev–Trinajstić information content (AvgIpc) is 2.50. The van der Waals surface area contributed by atoms with Crippen molar-refractivity contribution in [3.8, 4) is 0 Å². The van der Waals surface area contributed by atoms with Crippen molar-refractivity contribution < 1.29 is 19.1 Å². The first-order chi connectivity index (χ1) is 12.4. The van der Waals surface area contributed by atoms with Crippen LogP contribution >= 0.6 is 0 Å². The Bertz CT molecular complexity index is 598. The van der Waals surface area contributed by atoms with E-state index in [4.69, 9.17) is 9.16 Å². The van der Waals surface area contributed by atoms with Crippen molar-refractivity contribution in [1.29, 1.82) is 0 Å². The molecule has 0 heterocycles. The molecule has 0 amide bonds. The molecule has 162 valence electrons. The van der Waals surface area contributed by atoms with Crippen molar-refractivity contribution in [1.82, 2.24) is 0 Å². The highest BCUT2D eigenvalue weighted by Gasteiger charge is 2.50. The van der Waals surface area contributed by atoms with E-state index in [1.54, 1.807) is 13.0 Å². The quantitative estimate of drug-likeness (QED) is 0.336. The second-order valence-electron chi connectivity index (χ2n) is 10.7. The van der Waals surface area contributed by atoms with E-state index < -0.39 is 13.9 Å². The third-order valence-electron chi connectivity index (χ3n) is 6.95. The molecular formula is C23H42O4Si. The van der Waals surface area contributed by atoms with E-state index in [9.17, 15) is 9.90 Å². The molecule has 1 N–H and O–H groups in total. The van der Waals surface area contributed by atoms with Crippen LogP contribution in [0.4, 0.5) is 0 Å². The molecule has 1 fully saturated rings. The minimum absolute atomic E-state index is 0.0757. The van der Waals surface area contributed by atoms with E-state index in [0.29, 0.717) is 12.8 Å². The number of hydrogen-bond acceptors (Lipinski definition) is 4. The fraction of sp³-hybridized carbons (Fsp3) is 0.783. The predicted octanol–water partition coefficient (Wildman–Crippen LogP) is 5.63. The number of hydrogen-bond donors (Lipinski definition) is 1. The Kier molecular flexibility index (Phi) is 7.58. The summed E-state index contributed by atoms with van der Waals surface area (Å²) in [5.74, 6) is -0.194. The van der Waals surface area contributed by atoms with Gasteiger partial charge in [0.2, 0.25) is 0 Å². The van der Waals surface area contributed by atoms with Gasteiger partial charge in [-0.1, -0.05) is 47.3 Å². The van der Waals surface area contributed by atoms with Crippen LogP contribution in [0, 0.1) is 11.3 Å². The van der Waals surface area contributed by atoms with Gasteiger partial charge in [-0.3, -0.25) is 4.79 Å². The molecule has 1 aliphatic carbocycles. The lowest BCUT2D eigenvalue weighted by Gasteiger charge is -2.51. The smallest absolute Gasteiger partial charge is 0.302 e. The molecule has 0 bridgehead atoms. The minimum Gasteiger partial charge on any atom is -0.462 e. The molecule has 0 aromatic carbocycles. The second kappa shape index (κ2) is 8.45. The van der Waals surface area contributed by atoms with Gasteiger partial charge in [-0.05, 0) is 49.4 Å². The van der Waals surface area contributed by atoms with Crippen LogP contribution in [-0.2, 0) is 14.0 Å². The summed E-state index contributed by atoms with van der Waals surface area (Å²) in [6.07, 6.45) is 3.13. The van der Waals surface area contributed by atoms with Crippen LogP contribution in [-0.4, -0.2) is 37.2 Å². The standard InChI is InChI=1S/C23H42O4Si/c1-12-23(9,25)14-13-18-16(2)19(27-28(10,11)21(4,5)6)15-20(22(18,7)8)26-17(3)24/h12,18-20,25H,1-2,13-15H2,3-11H3/t18-,19+,20+,23-/m1/s1. The van der Waals surface area contributed by atoms with Crippen molar-refractivity contribution in [2.45, 2.75) is 104 Å². The van der Waals surface area contributed by atoms with E-state index >= 15 is 0 Å². The Balaban J connectivity index is 3.21. The van der Waals surface area contributed by atoms with Crippen molar-refractivity contribution in [3.63, 3.8) is 0 Å². The molecule has 28 heavy (non-hydrogen) atoms.